The first kappa shape index (κ1) is 15.1. The molecule has 2 unspecified atom stereocenters. The fraction of sp³-hybridized carbons (Fsp3) is 0.455. The third-order valence-electron chi connectivity index (χ3n) is 2.23. The highest BCUT2D eigenvalue weighted by Crippen LogP contribution is 2.32. The van der Waals surface area contributed by atoms with Crippen molar-refractivity contribution >= 4 is 11.6 Å². The molecule has 0 fully saturated rings. The molecule has 0 amide bonds. The Balaban J connectivity index is 2.94. The topological polar surface area (TPSA) is 49.7 Å². The number of aliphatic hydroxyl groups excluding tert-OH is 2. The zero-order valence-corrected chi connectivity index (χ0v) is 9.95. The van der Waals surface area contributed by atoms with Gasteiger partial charge in [-0.2, -0.15) is 0 Å². The van der Waals surface area contributed by atoms with Crippen LogP contribution in [-0.2, 0) is 0 Å². The number of benzene rings is 1. The lowest BCUT2D eigenvalue weighted by Gasteiger charge is -2.20. The number of halogens is 4. The zero-order valence-electron chi connectivity index (χ0n) is 9.19. The summed E-state index contributed by atoms with van der Waals surface area (Å²) in [5, 5.41) is 19.3. The van der Waals surface area contributed by atoms with E-state index in [2.05, 4.69) is 4.74 Å². The SMILES string of the molecule is OC(CCCl)C(O)c1ccccc1OC(F)(F)F. The van der Waals surface area contributed by atoms with Gasteiger partial charge in [0, 0.05) is 11.4 Å². The molecule has 1 aromatic rings. The Bertz CT molecular complexity index is 384. The number of hydrogen-bond donors (Lipinski definition) is 2. The van der Waals surface area contributed by atoms with Gasteiger partial charge in [0.2, 0.25) is 0 Å². The predicted molar refractivity (Wildman–Crippen MR) is 59.4 cm³/mol. The Morgan fingerprint density at radius 1 is 1.22 bits per heavy atom. The van der Waals surface area contributed by atoms with E-state index in [-0.39, 0.29) is 17.9 Å². The van der Waals surface area contributed by atoms with Crippen molar-refractivity contribution in [2.45, 2.75) is 25.0 Å². The van der Waals surface area contributed by atoms with Crippen LogP contribution in [0.2, 0.25) is 0 Å². The van der Waals surface area contributed by atoms with E-state index in [1.165, 1.54) is 18.2 Å². The van der Waals surface area contributed by atoms with E-state index in [0.717, 1.165) is 6.07 Å². The first-order valence-electron chi connectivity index (χ1n) is 5.12. The van der Waals surface area contributed by atoms with Crippen LogP contribution in [0.3, 0.4) is 0 Å². The second-order valence-corrected chi connectivity index (χ2v) is 3.95. The molecule has 0 aliphatic heterocycles. The minimum absolute atomic E-state index is 0.0586. The third-order valence-corrected chi connectivity index (χ3v) is 2.45. The summed E-state index contributed by atoms with van der Waals surface area (Å²) in [5.41, 5.74) is -0.132. The van der Waals surface area contributed by atoms with Crippen LogP contribution < -0.4 is 4.74 Å². The molecule has 0 aliphatic carbocycles. The van der Waals surface area contributed by atoms with Gasteiger partial charge in [-0.1, -0.05) is 18.2 Å². The van der Waals surface area contributed by atoms with E-state index in [1.807, 2.05) is 0 Å². The normalized spacial score (nSPS) is 15.2. The van der Waals surface area contributed by atoms with E-state index >= 15 is 0 Å². The summed E-state index contributed by atoms with van der Waals surface area (Å²) >= 11 is 5.39. The lowest BCUT2D eigenvalue weighted by Crippen LogP contribution is -2.22. The van der Waals surface area contributed by atoms with Crippen molar-refractivity contribution in [3.8, 4) is 5.75 Å². The van der Waals surface area contributed by atoms with Gasteiger partial charge in [0.25, 0.3) is 0 Å². The maximum Gasteiger partial charge on any atom is 0.573 e. The van der Waals surface area contributed by atoms with Gasteiger partial charge in [-0.25, -0.2) is 0 Å². The standard InChI is InChI=1S/C11H12ClF3O3/c12-6-5-8(16)10(17)7-3-1-2-4-9(7)18-11(13,14)15/h1-4,8,10,16-17H,5-6H2. The second-order valence-electron chi connectivity index (χ2n) is 3.58. The Morgan fingerprint density at radius 3 is 2.39 bits per heavy atom. The second kappa shape index (κ2) is 6.26. The molecule has 0 bridgehead atoms. The summed E-state index contributed by atoms with van der Waals surface area (Å²) in [7, 11) is 0. The molecule has 0 heterocycles. The fourth-order valence-electron chi connectivity index (χ4n) is 1.42. The van der Waals surface area contributed by atoms with Crippen LogP contribution >= 0.6 is 11.6 Å². The molecule has 2 atom stereocenters. The summed E-state index contributed by atoms with van der Waals surface area (Å²) in [6.07, 6.45) is -7.53. The number of rotatable bonds is 5. The highest BCUT2D eigenvalue weighted by molar-refractivity contribution is 6.17. The first-order chi connectivity index (χ1) is 8.35. The van der Waals surface area contributed by atoms with Gasteiger partial charge < -0.3 is 14.9 Å². The number of para-hydroxylation sites is 1. The van der Waals surface area contributed by atoms with Gasteiger partial charge in [-0.05, 0) is 12.5 Å². The predicted octanol–water partition coefficient (Wildman–Crippen LogP) is 2.61. The third kappa shape index (κ3) is 4.36. The van der Waals surface area contributed by atoms with Crippen LogP contribution in [-0.4, -0.2) is 28.6 Å². The largest absolute Gasteiger partial charge is 0.573 e. The van der Waals surface area contributed by atoms with E-state index in [1.54, 1.807) is 0 Å². The van der Waals surface area contributed by atoms with Gasteiger partial charge in [0.15, 0.2) is 0 Å². The number of ether oxygens (including phenoxy) is 1. The van der Waals surface area contributed by atoms with E-state index in [4.69, 9.17) is 11.6 Å². The van der Waals surface area contributed by atoms with Crippen LogP contribution in [0.5, 0.6) is 5.75 Å². The maximum atomic E-state index is 12.1. The summed E-state index contributed by atoms with van der Waals surface area (Å²) in [6.45, 7) is 0. The zero-order chi connectivity index (χ0) is 13.8. The molecule has 0 saturated heterocycles. The smallest absolute Gasteiger partial charge is 0.405 e. The molecule has 0 spiro atoms. The van der Waals surface area contributed by atoms with Gasteiger partial charge in [-0.3, -0.25) is 0 Å². The maximum absolute atomic E-state index is 12.1. The lowest BCUT2D eigenvalue weighted by atomic mass is 10.0. The lowest BCUT2D eigenvalue weighted by molar-refractivity contribution is -0.275. The summed E-state index contributed by atoms with van der Waals surface area (Å²) < 4.78 is 40.2. The molecule has 2 N–H and O–H groups in total. The summed E-state index contributed by atoms with van der Waals surface area (Å²) in [4.78, 5) is 0. The Morgan fingerprint density at radius 2 is 1.83 bits per heavy atom. The monoisotopic (exact) mass is 284 g/mol. The van der Waals surface area contributed by atoms with Crippen molar-refractivity contribution in [3.63, 3.8) is 0 Å². The van der Waals surface area contributed by atoms with Crippen LogP contribution in [0.4, 0.5) is 13.2 Å². The van der Waals surface area contributed by atoms with Gasteiger partial charge in [0.05, 0.1) is 6.10 Å². The molecule has 1 rings (SSSR count). The summed E-state index contributed by atoms with van der Waals surface area (Å²) in [5.74, 6) is -0.452. The van der Waals surface area contributed by atoms with Crippen LogP contribution in [0.15, 0.2) is 24.3 Å². The van der Waals surface area contributed by atoms with Crippen molar-refractivity contribution in [2.75, 3.05) is 5.88 Å². The highest BCUT2D eigenvalue weighted by atomic mass is 35.5. The molecule has 102 valence electrons. The number of aliphatic hydroxyl groups is 2. The molecule has 18 heavy (non-hydrogen) atoms. The van der Waals surface area contributed by atoms with Crippen molar-refractivity contribution in [1.82, 2.24) is 0 Å². The van der Waals surface area contributed by atoms with Crippen molar-refractivity contribution in [2.24, 2.45) is 0 Å². The van der Waals surface area contributed by atoms with E-state index < -0.39 is 24.3 Å². The molecular formula is C11H12ClF3O3. The fourth-order valence-corrected chi connectivity index (χ4v) is 1.64. The molecule has 0 saturated carbocycles. The molecule has 0 radical (unpaired) electrons. The molecule has 0 aromatic heterocycles. The first-order valence-corrected chi connectivity index (χ1v) is 5.65. The van der Waals surface area contributed by atoms with Crippen molar-refractivity contribution in [1.29, 1.82) is 0 Å². The Hall–Kier alpha value is -0.980. The Kier molecular flexibility index (Phi) is 5.25. The number of hydrogen-bond acceptors (Lipinski definition) is 3. The van der Waals surface area contributed by atoms with Gasteiger partial charge >= 0.3 is 6.36 Å². The van der Waals surface area contributed by atoms with Gasteiger partial charge in [0.1, 0.15) is 11.9 Å². The summed E-state index contributed by atoms with van der Waals surface area (Å²) in [6, 6.07) is 5.10. The van der Waals surface area contributed by atoms with Crippen LogP contribution in [0.25, 0.3) is 0 Å². The van der Waals surface area contributed by atoms with Crippen molar-refractivity contribution < 1.29 is 28.1 Å². The molecule has 7 heteroatoms. The Labute approximate surface area is 107 Å². The average molecular weight is 285 g/mol. The molecule has 3 nitrogen and oxygen atoms in total. The minimum atomic E-state index is -4.85. The molecular weight excluding hydrogens is 273 g/mol. The van der Waals surface area contributed by atoms with Crippen LogP contribution in [0, 0.1) is 0 Å². The molecule has 1 aromatic carbocycles. The average Bonchev–Trinajstić information content (AvgIpc) is 2.27. The quantitative estimate of drug-likeness (QED) is 0.817. The van der Waals surface area contributed by atoms with Gasteiger partial charge in [-0.15, -0.1) is 24.8 Å². The van der Waals surface area contributed by atoms with E-state index in [9.17, 15) is 23.4 Å². The van der Waals surface area contributed by atoms with Crippen LogP contribution in [0.1, 0.15) is 18.1 Å². The van der Waals surface area contributed by atoms with E-state index in [0.29, 0.717) is 0 Å². The molecule has 0 aliphatic rings. The van der Waals surface area contributed by atoms with Crippen molar-refractivity contribution in [3.05, 3.63) is 29.8 Å². The number of alkyl halides is 4. The highest BCUT2D eigenvalue weighted by Gasteiger charge is 2.33. The minimum Gasteiger partial charge on any atom is -0.405 e.